The largest absolute Gasteiger partial charge is 0.493 e. The van der Waals surface area contributed by atoms with Crippen LogP contribution in [0.3, 0.4) is 0 Å². The van der Waals surface area contributed by atoms with Gasteiger partial charge in [0.2, 0.25) is 0 Å². The number of amides is 1. The third kappa shape index (κ3) is 1.35. The molecule has 68 valence electrons. The number of hydrogen-bond donors (Lipinski definition) is 1. The molecule has 1 aliphatic heterocycles. The van der Waals surface area contributed by atoms with Crippen LogP contribution >= 0.6 is 0 Å². The first-order chi connectivity index (χ1) is 6.27. The molecule has 0 aliphatic carbocycles. The number of ether oxygens (including phenoxy) is 2. The SMILES string of the molecule is NC(=O)Oc1ccn2c1COC=C2. The number of fused-ring (bicyclic) bond motifs is 1. The quantitative estimate of drug-likeness (QED) is 0.698. The van der Waals surface area contributed by atoms with Gasteiger partial charge < -0.3 is 19.8 Å². The molecule has 2 N–H and O–H groups in total. The van der Waals surface area contributed by atoms with E-state index in [0.29, 0.717) is 12.4 Å². The maximum Gasteiger partial charge on any atom is 0.410 e. The summed E-state index contributed by atoms with van der Waals surface area (Å²) >= 11 is 0. The third-order valence-corrected chi connectivity index (χ3v) is 1.73. The van der Waals surface area contributed by atoms with Crippen LogP contribution in [0.2, 0.25) is 0 Å². The van der Waals surface area contributed by atoms with E-state index in [2.05, 4.69) is 0 Å². The van der Waals surface area contributed by atoms with Gasteiger partial charge in [0.05, 0.1) is 0 Å². The average molecular weight is 180 g/mol. The zero-order valence-corrected chi connectivity index (χ0v) is 6.77. The van der Waals surface area contributed by atoms with Crippen LogP contribution in [0.1, 0.15) is 5.69 Å². The van der Waals surface area contributed by atoms with Crippen molar-refractivity contribution in [1.29, 1.82) is 0 Å². The van der Waals surface area contributed by atoms with E-state index in [-0.39, 0.29) is 0 Å². The first kappa shape index (κ1) is 7.72. The standard InChI is InChI=1S/C8H8N2O3/c9-8(11)13-7-1-2-10-3-4-12-5-6(7)10/h1-4H,5H2,(H2,9,11). The fourth-order valence-electron chi connectivity index (χ4n) is 1.18. The van der Waals surface area contributed by atoms with E-state index in [1.165, 1.54) is 0 Å². The lowest BCUT2D eigenvalue weighted by Gasteiger charge is -2.11. The van der Waals surface area contributed by atoms with E-state index < -0.39 is 6.09 Å². The summed E-state index contributed by atoms with van der Waals surface area (Å²) in [5, 5.41) is 0. The minimum Gasteiger partial charge on any atom is -0.493 e. The van der Waals surface area contributed by atoms with Gasteiger partial charge >= 0.3 is 6.09 Å². The van der Waals surface area contributed by atoms with E-state index >= 15 is 0 Å². The van der Waals surface area contributed by atoms with Crippen molar-refractivity contribution in [1.82, 2.24) is 4.57 Å². The topological polar surface area (TPSA) is 66.5 Å². The minimum absolute atomic E-state index is 0.381. The first-order valence-electron chi connectivity index (χ1n) is 3.72. The van der Waals surface area contributed by atoms with Crippen molar-refractivity contribution in [2.24, 2.45) is 5.73 Å². The Morgan fingerprint density at radius 2 is 2.54 bits per heavy atom. The number of nitrogens with two attached hydrogens (primary N) is 1. The Bertz CT molecular complexity index is 367. The molecule has 5 heteroatoms. The van der Waals surface area contributed by atoms with Gasteiger partial charge in [-0.3, -0.25) is 0 Å². The van der Waals surface area contributed by atoms with Crippen molar-refractivity contribution in [3.8, 4) is 5.75 Å². The number of nitrogens with zero attached hydrogens (tertiary/aromatic N) is 1. The fraction of sp³-hybridized carbons (Fsp3) is 0.125. The van der Waals surface area contributed by atoms with Gasteiger partial charge in [-0.1, -0.05) is 0 Å². The van der Waals surface area contributed by atoms with Crippen molar-refractivity contribution in [2.45, 2.75) is 6.61 Å². The molecule has 0 fully saturated rings. The summed E-state index contributed by atoms with van der Waals surface area (Å²) in [5.74, 6) is 0.442. The van der Waals surface area contributed by atoms with Crippen LogP contribution < -0.4 is 10.5 Å². The van der Waals surface area contributed by atoms with E-state index in [0.717, 1.165) is 5.69 Å². The van der Waals surface area contributed by atoms with E-state index in [1.54, 1.807) is 24.7 Å². The van der Waals surface area contributed by atoms with E-state index in [4.69, 9.17) is 15.2 Å². The fourth-order valence-corrected chi connectivity index (χ4v) is 1.18. The van der Waals surface area contributed by atoms with Gasteiger partial charge in [0.1, 0.15) is 18.6 Å². The van der Waals surface area contributed by atoms with Crippen molar-refractivity contribution < 1.29 is 14.3 Å². The molecule has 1 aromatic rings. The molecule has 13 heavy (non-hydrogen) atoms. The Balaban J connectivity index is 2.32. The lowest BCUT2D eigenvalue weighted by atomic mass is 10.4. The number of carbonyl (C=O) groups excluding carboxylic acids is 1. The highest BCUT2D eigenvalue weighted by Crippen LogP contribution is 2.23. The predicted octanol–water partition coefficient (Wildman–Crippen LogP) is 0.904. The minimum atomic E-state index is -0.816. The van der Waals surface area contributed by atoms with Crippen molar-refractivity contribution in [3.63, 3.8) is 0 Å². The summed E-state index contributed by atoms with van der Waals surface area (Å²) in [6.07, 6.45) is 4.25. The summed E-state index contributed by atoms with van der Waals surface area (Å²) in [4.78, 5) is 10.5. The molecule has 5 nitrogen and oxygen atoms in total. The second-order valence-electron chi connectivity index (χ2n) is 2.55. The highest BCUT2D eigenvalue weighted by Gasteiger charge is 2.13. The monoisotopic (exact) mass is 180 g/mol. The second-order valence-corrected chi connectivity index (χ2v) is 2.55. The lowest BCUT2D eigenvalue weighted by molar-refractivity contribution is 0.202. The van der Waals surface area contributed by atoms with Gasteiger partial charge in [-0.25, -0.2) is 4.79 Å². The Kier molecular flexibility index (Phi) is 1.70. The molecule has 2 heterocycles. The molecule has 2 rings (SSSR count). The van der Waals surface area contributed by atoms with Gasteiger partial charge in [0.25, 0.3) is 0 Å². The van der Waals surface area contributed by atoms with Gasteiger partial charge in [-0.15, -0.1) is 0 Å². The number of hydrogen-bond acceptors (Lipinski definition) is 3. The molecule has 1 aliphatic rings. The van der Waals surface area contributed by atoms with Crippen LogP contribution in [0.5, 0.6) is 5.75 Å². The van der Waals surface area contributed by atoms with Crippen LogP contribution in [0.15, 0.2) is 18.5 Å². The molecule has 0 atom stereocenters. The van der Waals surface area contributed by atoms with Gasteiger partial charge in [0, 0.05) is 12.4 Å². The van der Waals surface area contributed by atoms with E-state index in [1.807, 2.05) is 4.57 Å². The van der Waals surface area contributed by atoms with Crippen molar-refractivity contribution >= 4 is 12.3 Å². The molecule has 0 saturated heterocycles. The molecular weight excluding hydrogens is 172 g/mol. The highest BCUT2D eigenvalue weighted by atomic mass is 16.5. The Morgan fingerprint density at radius 3 is 3.31 bits per heavy atom. The Hall–Kier alpha value is -1.91. The molecule has 0 bridgehead atoms. The Labute approximate surface area is 74.3 Å². The van der Waals surface area contributed by atoms with Crippen molar-refractivity contribution in [2.75, 3.05) is 0 Å². The van der Waals surface area contributed by atoms with Crippen LogP contribution in [-0.2, 0) is 11.3 Å². The number of primary amides is 1. The third-order valence-electron chi connectivity index (χ3n) is 1.73. The molecule has 1 amide bonds. The first-order valence-corrected chi connectivity index (χ1v) is 3.72. The number of rotatable bonds is 1. The number of carbonyl (C=O) groups is 1. The smallest absolute Gasteiger partial charge is 0.410 e. The van der Waals surface area contributed by atoms with Crippen molar-refractivity contribution in [3.05, 3.63) is 24.2 Å². The molecule has 0 unspecified atom stereocenters. The highest BCUT2D eigenvalue weighted by molar-refractivity contribution is 5.68. The zero-order chi connectivity index (χ0) is 9.26. The molecule has 0 radical (unpaired) electrons. The summed E-state index contributed by atoms with van der Waals surface area (Å²) in [6.45, 7) is 0.381. The molecule has 0 saturated carbocycles. The van der Waals surface area contributed by atoms with Gasteiger partial charge in [-0.05, 0) is 6.07 Å². The summed E-state index contributed by atoms with van der Waals surface area (Å²) in [6, 6.07) is 1.67. The second kappa shape index (κ2) is 2.85. The van der Waals surface area contributed by atoms with E-state index in [9.17, 15) is 4.79 Å². The number of aromatic nitrogens is 1. The van der Waals surface area contributed by atoms with Crippen LogP contribution in [-0.4, -0.2) is 10.7 Å². The molecular formula is C8H8N2O3. The van der Waals surface area contributed by atoms with Crippen LogP contribution in [0.25, 0.3) is 6.20 Å². The predicted molar refractivity (Wildman–Crippen MR) is 44.8 cm³/mol. The summed E-state index contributed by atoms with van der Waals surface area (Å²) in [5.41, 5.74) is 5.67. The normalized spacial score (nSPS) is 13.2. The summed E-state index contributed by atoms with van der Waals surface area (Å²) in [7, 11) is 0. The lowest BCUT2D eigenvalue weighted by Crippen LogP contribution is -2.17. The summed E-state index contributed by atoms with van der Waals surface area (Å²) < 4.78 is 11.6. The molecule has 1 aromatic heterocycles. The average Bonchev–Trinajstić information content (AvgIpc) is 2.48. The van der Waals surface area contributed by atoms with Crippen LogP contribution in [0.4, 0.5) is 4.79 Å². The molecule has 0 aromatic carbocycles. The van der Waals surface area contributed by atoms with Crippen LogP contribution in [0, 0.1) is 0 Å². The van der Waals surface area contributed by atoms with Gasteiger partial charge in [-0.2, -0.15) is 0 Å². The maximum atomic E-state index is 10.5. The zero-order valence-electron chi connectivity index (χ0n) is 6.77. The van der Waals surface area contributed by atoms with Gasteiger partial charge in [0.15, 0.2) is 5.75 Å². The Morgan fingerprint density at radius 1 is 1.69 bits per heavy atom. The molecule has 0 spiro atoms. The maximum absolute atomic E-state index is 10.5.